The fourth-order valence-electron chi connectivity index (χ4n) is 1.35. The third-order valence-electron chi connectivity index (χ3n) is 2.08. The lowest BCUT2D eigenvalue weighted by Crippen LogP contribution is -2.22. The van der Waals surface area contributed by atoms with Crippen LogP contribution in [0, 0.1) is 0 Å². The van der Waals surface area contributed by atoms with Gasteiger partial charge in [0.2, 0.25) is 0 Å². The van der Waals surface area contributed by atoms with Crippen molar-refractivity contribution in [3.05, 3.63) is 16.4 Å². The number of aliphatic hydroxyl groups is 1. The van der Waals surface area contributed by atoms with Crippen LogP contribution < -0.4 is 4.72 Å². The summed E-state index contributed by atoms with van der Waals surface area (Å²) >= 11 is 5.07. The molecule has 0 aliphatic carbocycles. The summed E-state index contributed by atoms with van der Waals surface area (Å²) in [5, 5.41) is 13.3. The zero-order chi connectivity index (χ0) is 13.1. The van der Waals surface area contributed by atoms with Crippen molar-refractivity contribution in [3.8, 4) is 0 Å². The number of hydrogen-bond acceptors (Lipinski definition) is 4. The van der Waals surface area contributed by atoms with E-state index in [2.05, 4.69) is 53.4 Å². The van der Waals surface area contributed by atoms with E-state index >= 15 is 0 Å². The van der Waals surface area contributed by atoms with Crippen molar-refractivity contribution in [2.45, 2.75) is 45.0 Å². The van der Waals surface area contributed by atoms with Gasteiger partial charge in [-0.05, 0) is 49.7 Å². The van der Waals surface area contributed by atoms with Gasteiger partial charge in [0.15, 0.2) is 0 Å². The van der Waals surface area contributed by atoms with E-state index in [1.54, 1.807) is 11.9 Å². The summed E-state index contributed by atoms with van der Waals surface area (Å²) < 4.78 is 6.20. The van der Waals surface area contributed by atoms with Crippen molar-refractivity contribution >= 4 is 27.9 Å². The predicted molar refractivity (Wildman–Crippen MR) is 75.9 cm³/mol. The Morgan fingerprint density at radius 2 is 2.24 bits per heavy atom. The number of aromatic nitrogens is 2. The minimum Gasteiger partial charge on any atom is -0.394 e. The van der Waals surface area contributed by atoms with E-state index in [4.69, 9.17) is 5.11 Å². The van der Waals surface area contributed by atoms with Gasteiger partial charge in [0, 0.05) is 4.75 Å². The van der Waals surface area contributed by atoms with E-state index in [-0.39, 0.29) is 17.4 Å². The SMILES string of the molecule is CC(NSC(C)(C)C)c1cc(Br)nn1CCO. The van der Waals surface area contributed by atoms with Crippen LogP contribution in [0.25, 0.3) is 0 Å². The van der Waals surface area contributed by atoms with Crippen LogP contribution in [0.5, 0.6) is 0 Å². The van der Waals surface area contributed by atoms with E-state index < -0.39 is 0 Å². The lowest BCUT2D eigenvalue weighted by molar-refractivity contribution is 0.266. The van der Waals surface area contributed by atoms with Gasteiger partial charge in [-0.1, -0.05) is 11.9 Å². The quantitative estimate of drug-likeness (QED) is 0.819. The Morgan fingerprint density at radius 1 is 1.59 bits per heavy atom. The van der Waals surface area contributed by atoms with Gasteiger partial charge in [-0.15, -0.1) is 0 Å². The highest BCUT2D eigenvalue weighted by atomic mass is 79.9. The highest BCUT2D eigenvalue weighted by Crippen LogP contribution is 2.25. The molecule has 0 aliphatic rings. The molecule has 0 amide bonds. The van der Waals surface area contributed by atoms with Crippen LogP contribution in [0.15, 0.2) is 10.7 Å². The molecule has 0 aliphatic heterocycles. The zero-order valence-corrected chi connectivity index (χ0v) is 13.1. The van der Waals surface area contributed by atoms with Crippen molar-refractivity contribution in [2.24, 2.45) is 0 Å². The summed E-state index contributed by atoms with van der Waals surface area (Å²) in [5.41, 5.74) is 1.07. The number of nitrogens with zero attached hydrogens (tertiary/aromatic N) is 2. The predicted octanol–water partition coefficient (Wildman–Crippen LogP) is 2.74. The van der Waals surface area contributed by atoms with E-state index in [0.29, 0.717) is 6.54 Å². The minimum absolute atomic E-state index is 0.0975. The molecule has 0 fully saturated rings. The van der Waals surface area contributed by atoms with Crippen LogP contribution in [0.3, 0.4) is 0 Å². The zero-order valence-electron chi connectivity index (χ0n) is 10.7. The topological polar surface area (TPSA) is 50.1 Å². The number of nitrogens with one attached hydrogen (secondary N) is 1. The minimum atomic E-state index is 0.0975. The molecule has 0 aromatic carbocycles. The number of halogens is 1. The number of rotatable bonds is 5. The molecule has 1 aromatic heterocycles. The maximum Gasteiger partial charge on any atom is 0.128 e. The molecule has 0 spiro atoms. The Labute approximate surface area is 115 Å². The van der Waals surface area contributed by atoms with Crippen molar-refractivity contribution in [1.29, 1.82) is 0 Å². The summed E-state index contributed by atoms with van der Waals surface area (Å²) in [6.45, 7) is 9.21. The van der Waals surface area contributed by atoms with Gasteiger partial charge >= 0.3 is 0 Å². The summed E-state index contributed by atoms with van der Waals surface area (Å²) in [4.78, 5) is 0. The first-order valence-electron chi connectivity index (χ1n) is 5.61. The molecule has 17 heavy (non-hydrogen) atoms. The second kappa shape index (κ2) is 6.22. The Balaban J connectivity index is 2.70. The Morgan fingerprint density at radius 3 is 2.76 bits per heavy atom. The second-order valence-corrected chi connectivity index (χ2v) is 7.37. The molecule has 98 valence electrons. The number of aliphatic hydroxyl groups excluding tert-OH is 1. The lowest BCUT2D eigenvalue weighted by atomic mass is 10.2. The Kier molecular flexibility index (Phi) is 5.50. The third kappa shape index (κ3) is 4.99. The first-order valence-corrected chi connectivity index (χ1v) is 7.22. The first kappa shape index (κ1) is 15.0. The highest BCUT2D eigenvalue weighted by Gasteiger charge is 2.17. The number of hydrogen-bond donors (Lipinski definition) is 2. The normalized spacial score (nSPS) is 14.0. The molecule has 0 saturated heterocycles. The average Bonchev–Trinajstić information content (AvgIpc) is 2.55. The van der Waals surface area contributed by atoms with Gasteiger partial charge in [0.25, 0.3) is 0 Å². The molecule has 0 radical (unpaired) electrons. The van der Waals surface area contributed by atoms with Crippen molar-refractivity contribution in [1.82, 2.24) is 14.5 Å². The molecule has 1 heterocycles. The molecule has 0 saturated carbocycles. The second-order valence-electron chi connectivity index (χ2n) is 4.89. The van der Waals surface area contributed by atoms with E-state index in [9.17, 15) is 0 Å². The largest absolute Gasteiger partial charge is 0.394 e. The van der Waals surface area contributed by atoms with Crippen LogP contribution in [0.4, 0.5) is 0 Å². The third-order valence-corrected chi connectivity index (χ3v) is 3.55. The van der Waals surface area contributed by atoms with Crippen LogP contribution in [-0.2, 0) is 6.54 Å². The van der Waals surface area contributed by atoms with E-state index in [1.807, 2.05) is 10.7 Å². The highest BCUT2D eigenvalue weighted by molar-refractivity contribution is 9.10. The van der Waals surface area contributed by atoms with Crippen LogP contribution in [-0.4, -0.2) is 26.2 Å². The van der Waals surface area contributed by atoms with Crippen molar-refractivity contribution in [3.63, 3.8) is 0 Å². The molecular formula is C11H20BrN3OS. The van der Waals surface area contributed by atoms with Gasteiger partial charge in [-0.2, -0.15) is 5.10 Å². The average molecular weight is 322 g/mol. The molecule has 4 nitrogen and oxygen atoms in total. The fourth-order valence-corrected chi connectivity index (χ4v) is 2.42. The van der Waals surface area contributed by atoms with Gasteiger partial charge < -0.3 is 5.11 Å². The Hall–Kier alpha value is -0.0400. The fraction of sp³-hybridized carbons (Fsp3) is 0.727. The monoisotopic (exact) mass is 321 g/mol. The van der Waals surface area contributed by atoms with Crippen molar-refractivity contribution < 1.29 is 5.11 Å². The molecular weight excluding hydrogens is 302 g/mol. The summed E-state index contributed by atoms with van der Waals surface area (Å²) in [5.74, 6) is 0. The van der Waals surface area contributed by atoms with Gasteiger partial charge in [-0.3, -0.25) is 9.40 Å². The summed E-state index contributed by atoms with van der Waals surface area (Å²) in [6, 6.07) is 2.17. The molecule has 1 atom stereocenters. The van der Waals surface area contributed by atoms with E-state index in [0.717, 1.165) is 10.3 Å². The summed E-state index contributed by atoms with van der Waals surface area (Å²) in [6.07, 6.45) is 0. The maximum atomic E-state index is 8.99. The molecule has 1 unspecified atom stereocenters. The molecule has 1 rings (SSSR count). The van der Waals surface area contributed by atoms with Gasteiger partial charge in [-0.25, -0.2) is 0 Å². The van der Waals surface area contributed by atoms with Crippen LogP contribution in [0.1, 0.15) is 39.4 Å². The Bertz CT molecular complexity index is 362. The smallest absolute Gasteiger partial charge is 0.128 e. The van der Waals surface area contributed by atoms with Crippen LogP contribution >= 0.6 is 27.9 Å². The molecule has 2 N–H and O–H groups in total. The van der Waals surface area contributed by atoms with Crippen molar-refractivity contribution in [2.75, 3.05) is 6.61 Å². The summed E-state index contributed by atoms with van der Waals surface area (Å²) in [7, 11) is 0. The molecule has 0 bridgehead atoms. The first-order chi connectivity index (χ1) is 7.83. The van der Waals surface area contributed by atoms with E-state index in [1.165, 1.54) is 0 Å². The standard InChI is InChI=1S/C11H20BrN3OS/c1-8(14-17-11(2,3)4)9-7-10(12)13-15(9)5-6-16/h7-8,14,16H,5-6H2,1-4H3. The lowest BCUT2D eigenvalue weighted by Gasteiger charge is -2.22. The van der Waals surface area contributed by atoms with Gasteiger partial charge in [0.05, 0.1) is 24.9 Å². The molecule has 6 heteroatoms. The maximum absolute atomic E-state index is 8.99. The van der Waals surface area contributed by atoms with Crippen LogP contribution in [0.2, 0.25) is 0 Å². The molecule has 1 aromatic rings. The van der Waals surface area contributed by atoms with Gasteiger partial charge in [0.1, 0.15) is 4.60 Å².